The van der Waals surface area contributed by atoms with E-state index in [1.165, 1.54) is 5.57 Å². The zero-order valence-electron chi connectivity index (χ0n) is 17.1. The summed E-state index contributed by atoms with van der Waals surface area (Å²) in [5.41, 5.74) is 2.10. The summed E-state index contributed by atoms with van der Waals surface area (Å²) >= 11 is 0. The Kier molecular flexibility index (Phi) is 7.14. The molecule has 0 aromatic rings. The summed E-state index contributed by atoms with van der Waals surface area (Å²) in [5.74, 6) is -0.637. The molecule has 3 rings (SSSR count). The van der Waals surface area contributed by atoms with E-state index in [0.717, 1.165) is 18.4 Å². The molecule has 4 N–H and O–H groups in total. The Morgan fingerprint density at radius 2 is 1.90 bits per heavy atom. The van der Waals surface area contributed by atoms with E-state index in [0.29, 0.717) is 6.42 Å². The van der Waals surface area contributed by atoms with Crippen LogP contribution in [0.4, 0.5) is 0 Å². The molecule has 8 nitrogen and oxygen atoms in total. The van der Waals surface area contributed by atoms with Gasteiger partial charge >= 0.3 is 5.97 Å². The molecule has 0 aromatic carbocycles. The minimum Gasteiger partial charge on any atom is -0.458 e. The van der Waals surface area contributed by atoms with Crippen molar-refractivity contribution in [3.63, 3.8) is 0 Å². The topological polar surface area (TPSA) is 126 Å². The predicted octanol–water partition coefficient (Wildman–Crippen LogP) is 0.426. The third kappa shape index (κ3) is 4.73. The number of hydrogen-bond acceptors (Lipinski definition) is 8. The molecule has 0 amide bonds. The first-order valence-corrected chi connectivity index (χ1v) is 10.2. The van der Waals surface area contributed by atoms with Crippen LogP contribution in [0.1, 0.15) is 40.0 Å². The van der Waals surface area contributed by atoms with Crippen LogP contribution in [-0.4, -0.2) is 75.9 Å². The third-order valence-corrected chi connectivity index (χ3v) is 6.28. The Morgan fingerprint density at radius 1 is 1.17 bits per heavy atom. The van der Waals surface area contributed by atoms with Crippen molar-refractivity contribution < 1.29 is 39.4 Å². The van der Waals surface area contributed by atoms with Crippen LogP contribution in [0, 0.1) is 11.8 Å². The number of carbonyl (C=O) groups is 1. The molecular formula is C21H32O8. The average molecular weight is 412 g/mol. The molecule has 0 spiro atoms. The molecule has 0 saturated carbocycles. The van der Waals surface area contributed by atoms with Crippen LogP contribution < -0.4 is 0 Å². The van der Waals surface area contributed by atoms with E-state index in [-0.39, 0.29) is 23.9 Å². The Labute approximate surface area is 170 Å². The Morgan fingerprint density at radius 3 is 2.59 bits per heavy atom. The maximum absolute atomic E-state index is 12.2. The molecule has 2 fully saturated rings. The van der Waals surface area contributed by atoms with E-state index in [1.54, 1.807) is 0 Å². The van der Waals surface area contributed by atoms with Gasteiger partial charge in [-0.2, -0.15) is 0 Å². The fourth-order valence-electron chi connectivity index (χ4n) is 4.24. The molecule has 0 bridgehead atoms. The minimum absolute atomic E-state index is 0.103. The summed E-state index contributed by atoms with van der Waals surface area (Å²) in [5, 5.41) is 39.7. The molecule has 0 unspecified atom stereocenters. The molecule has 0 radical (unpaired) electrons. The molecule has 1 aliphatic carbocycles. The van der Waals surface area contributed by atoms with Gasteiger partial charge in [-0.05, 0) is 44.8 Å². The van der Waals surface area contributed by atoms with Crippen molar-refractivity contribution in [2.24, 2.45) is 11.8 Å². The highest BCUT2D eigenvalue weighted by Crippen LogP contribution is 2.37. The maximum Gasteiger partial charge on any atom is 0.309 e. The number of aliphatic hydroxyl groups is 4. The van der Waals surface area contributed by atoms with Crippen molar-refractivity contribution in [1.82, 2.24) is 0 Å². The number of fused-ring (bicyclic) bond motifs is 1. The molecule has 2 heterocycles. The van der Waals surface area contributed by atoms with E-state index in [2.05, 4.69) is 6.08 Å². The zero-order chi connectivity index (χ0) is 21.3. The van der Waals surface area contributed by atoms with Crippen molar-refractivity contribution in [3.8, 4) is 0 Å². The molecule has 8 heteroatoms. The summed E-state index contributed by atoms with van der Waals surface area (Å²) in [6, 6.07) is 0. The highest BCUT2D eigenvalue weighted by Gasteiger charge is 2.47. The highest BCUT2D eigenvalue weighted by atomic mass is 16.7. The van der Waals surface area contributed by atoms with Gasteiger partial charge in [0.05, 0.1) is 18.6 Å². The van der Waals surface area contributed by atoms with Gasteiger partial charge in [-0.1, -0.05) is 18.6 Å². The van der Waals surface area contributed by atoms with Gasteiger partial charge in [0.15, 0.2) is 6.29 Å². The van der Waals surface area contributed by atoms with Crippen molar-refractivity contribution in [2.45, 2.75) is 82.9 Å². The van der Waals surface area contributed by atoms with Gasteiger partial charge in [0.1, 0.15) is 30.5 Å². The molecule has 29 heavy (non-hydrogen) atoms. The second kappa shape index (κ2) is 9.24. The van der Waals surface area contributed by atoms with Gasteiger partial charge in [-0.3, -0.25) is 4.79 Å². The van der Waals surface area contributed by atoms with Gasteiger partial charge < -0.3 is 34.6 Å². The smallest absolute Gasteiger partial charge is 0.309 e. The SMILES string of the molecule is C/C1=C\[C@@H]2OC(=O)[C@@H](C)[C@@H]2C[C@H](O[C@H]2O[C@H](CO)[C@@H](O)[C@H](O)[C@H]2O)/C(C)=C/CC1. The second-order valence-corrected chi connectivity index (χ2v) is 8.41. The quantitative estimate of drug-likeness (QED) is 0.388. The van der Waals surface area contributed by atoms with Crippen LogP contribution >= 0.6 is 0 Å². The van der Waals surface area contributed by atoms with Gasteiger partial charge in [0.2, 0.25) is 0 Å². The fourth-order valence-corrected chi connectivity index (χ4v) is 4.24. The van der Waals surface area contributed by atoms with Crippen LogP contribution in [0.2, 0.25) is 0 Å². The van der Waals surface area contributed by atoms with Crippen molar-refractivity contribution in [3.05, 3.63) is 23.3 Å². The van der Waals surface area contributed by atoms with Crippen LogP contribution in [0.15, 0.2) is 23.3 Å². The standard InChI is InChI=1S/C21H32O8/c1-10-5-4-6-11(2)14(8-13-12(3)20(26)27-15(13)7-10)28-21-19(25)18(24)17(23)16(9-22)29-21/h6-7,12-19,21-25H,4-5,8-9H2,1-3H3/b10-7+,11-6+/t12-,13-,14-,15-,16+,17+,18-,19+,21-/m0/s1. The van der Waals surface area contributed by atoms with Gasteiger partial charge in [-0.25, -0.2) is 0 Å². The van der Waals surface area contributed by atoms with Gasteiger partial charge in [0, 0.05) is 5.92 Å². The zero-order valence-corrected chi connectivity index (χ0v) is 17.1. The van der Waals surface area contributed by atoms with Gasteiger partial charge in [0.25, 0.3) is 0 Å². The van der Waals surface area contributed by atoms with E-state index in [1.807, 2.05) is 26.8 Å². The lowest BCUT2D eigenvalue weighted by atomic mass is 9.83. The molecule has 2 saturated heterocycles. The number of hydrogen-bond donors (Lipinski definition) is 4. The van der Waals surface area contributed by atoms with E-state index >= 15 is 0 Å². The van der Waals surface area contributed by atoms with E-state index in [4.69, 9.17) is 14.2 Å². The predicted molar refractivity (Wildman–Crippen MR) is 103 cm³/mol. The van der Waals surface area contributed by atoms with Crippen molar-refractivity contribution in [2.75, 3.05) is 6.61 Å². The number of rotatable bonds is 3. The summed E-state index contributed by atoms with van der Waals surface area (Å²) in [6.07, 6.45) is -1.29. The summed E-state index contributed by atoms with van der Waals surface area (Å²) in [6.45, 7) is 5.28. The summed E-state index contributed by atoms with van der Waals surface area (Å²) < 4.78 is 17.1. The van der Waals surface area contributed by atoms with Gasteiger partial charge in [-0.15, -0.1) is 0 Å². The lowest BCUT2D eigenvalue weighted by Crippen LogP contribution is -2.59. The largest absolute Gasteiger partial charge is 0.458 e. The average Bonchev–Trinajstić information content (AvgIpc) is 2.94. The Hall–Kier alpha value is -1.29. The molecule has 164 valence electrons. The first-order valence-electron chi connectivity index (χ1n) is 10.2. The van der Waals surface area contributed by atoms with Crippen molar-refractivity contribution in [1.29, 1.82) is 0 Å². The van der Waals surface area contributed by atoms with Crippen LogP contribution in [0.5, 0.6) is 0 Å². The monoisotopic (exact) mass is 412 g/mol. The first-order chi connectivity index (χ1) is 13.7. The highest BCUT2D eigenvalue weighted by molar-refractivity contribution is 5.75. The summed E-state index contributed by atoms with van der Waals surface area (Å²) in [4.78, 5) is 12.2. The number of allylic oxidation sites excluding steroid dienone is 2. The third-order valence-electron chi connectivity index (χ3n) is 6.28. The number of ether oxygens (including phenoxy) is 3. The molecule has 3 aliphatic rings. The number of esters is 1. The molecule has 9 atom stereocenters. The number of carbonyl (C=O) groups excluding carboxylic acids is 1. The minimum atomic E-state index is -1.50. The van der Waals surface area contributed by atoms with Crippen LogP contribution in [0.25, 0.3) is 0 Å². The Bertz CT molecular complexity index is 657. The number of aliphatic hydroxyl groups excluding tert-OH is 4. The molecule has 2 aliphatic heterocycles. The lowest BCUT2D eigenvalue weighted by Gasteiger charge is -2.41. The normalized spacial score (nSPS) is 47.4. The second-order valence-electron chi connectivity index (χ2n) is 8.41. The van der Waals surface area contributed by atoms with E-state index < -0.39 is 43.4 Å². The molecule has 0 aromatic heterocycles. The lowest BCUT2D eigenvalue weighted by molar-refractivity contribution is -0.309. The fraction of sp³-hybridized carbons (Fsp3) is 0.762. The summed E-state index contributed by atoms with van der Waals surface area (Å²) in [7, 11) is 0. The first kappa shape index (κ1) is 22.4. The van der Waals surface area contributed by atoms with Crippen LogP contribution in [0.3, 0.4) is 0 Å². The van der Waals surface area contributed by atoms with E-state index in [9.17, 15) is 25.2 Å². The molecular weight excluding hydrogens is 380 g/mol. The maximum atomic E-state index is 12.2. The van der Waals surface area contributed by atoms with Crippen molar-refractivity contribution >= 4 is 5.97 Å². The Balaban J connectivity index is 1.82. The van der Waals surface area contributed by atoms with Crippen LogP contribution in [-0.2, 0) is 19.0 Å².